The largest absolute Gasteiger partial charge is 0.465 e. The normalized spacial score (nSPS) is 9.90. The van der Waals surface area contributed by atoms with Crippen LogP contribution in [-0.2, 0) is 16.0 Å². The van der Waals surface area contributed by atoms with Crippen LogP contribution in [0.3, 0.4) is 0 Å². The number of benzene rings is 1. The van der Waals surface area contributed by atoms with Gasteiger partial charge in [-0.15, -0.1) is 0 Å². The Kier molecular flexibility index (Phi) is 7.17. The summed E-state index contributed by atoms with van der Waals surface area (Å²) in [6.45, 7) is 5.24. The van der Waals surface area contributed by atoms with Crippen LogP contribution in [0, 0.1) is 6.92 Å². The molecule has 0 fully saturated rings. The monoisotopic (exact) mass is 278 g/mol. The molecule has 0 atom stereocenters. The highest BCUT2D eigenvalue weighted by Crippen LogP contribution is 2.05. The van der Waals surface area contributed by atoms with Crippen molar-refractivity contribution in [3.05, 3.63) is 35.4 Å². The van der Waals surface area contributed by atoms with E-state index < -0.39 is 0 Å². The maximum Gasteiger partial charge on any atom is 0.314 e. The lowest BCUT2D eigenvalue weighted by molar-refractivity contribution is -0.142. The van der Waals surface area contributed by atoms with Crippen molar-refractivity contribution in [3.63, 3.8) is 0 Å². The topological polar surface area (TPSA) is 67.4 Å². The van der Waals surface area contributed by atoms with Gasteiger partial charge in [-0.1, -0.05) is 29.8 Å². The lowest BCUT2D eigenvalue weighted by Crippen LogP contribution is -2.36. The maximum absolute atomic E-state index is 11.6. The van der Waals surface area contributed by atoms with Gasteiger partial charge in [0.05, 0.1) is 13.0 Å². The Labute approximate surface area is 119 Å². The first-order valence-electron chi connectivity index (χ1n) is 6.84. The van der Waals surface area contributed by atoms with E-state index in [4.69, 9.17) is 4.74 Å². The van der Waals surface area contributed by atoms with Crippen molar-refractivity contribution in [3.8, 4) is 0 Å². The summed E-state index contributed by atoms with van der Waals surface area (Å²) < 4.78 is 5.12. The van der Waals surface area contributed by atoms with Crippen LogP contribution in [0.4, 0.5) is 4.79 Å². The molecule has 0 radical (unpaired) electrons. The molecular formula is C15H22N2O3. The summed E-state index contributed by atoms with van der Waals surface area (Å²) in [6.07, 6.45) is 0.891. The van der Waals surface area contributed by atoms with Gasteiger partial charge in [0, 0.05) is 13.1 Å². The van der Waals surface area contributed by atoms with E-state index in [0.717, 1.165) is 11.1 Å². The van der Waals surface area contributed by atoms with E-state index in [1.54, 1.807) is 0 Å². The zero-order chi connectivity index (χ0) is 14.8. The summed E-state index contributed by atoms with van der Waals surface area (Å²) in [4.78, 5) is 22.7. The van der Waals surface area contributed by atoms with Crippen molar-refractivity contribution < 1.29 is 14.3 Å². The SMILES string of the molecule is CCNC(=O)NCCCOC(=O)Cc1cccc(C)c1. The second-order valence-electron chi connectivity index (χ2n) is 4.53. The third-order valence-corrected chi connectivity index (χ3v) is 2.64. The number of carbonyl (C=O) groups is 2. The lowest BCUT2D eigenvalue weighted by atomic mass is 10.1. The van der Waals surface area contributed by atoms with Gasteiger partial charge in [-0.25, -0.2) is 4.79 Å². The van der Waals surface area contributed by atoms with Crippen LogP contribution in [0.25, 0.3) is 0 Å². The lowest BCUT2D eigenvalue weighted by Gasteiger charge is -2.07. The predicted molar refractivity (Wildman–Crippen MR) is 77.5 cm³/mol. The maximum atomic E-state index is 11.6. The smallest absolute Gasteiger partial charge is 0.314 e. The van der Waals surface area contributed by atoms with Crippen molar-refractivity contribution >= 4 is 12.0 Å². The molecule has 0 spiro atoms. The molecule has 5 nitrogen and oxygen atoms in total. The van der Waals surface area contributed by atoms with Crippen molar-refractivity contribution in [2.75, 3.05) is 19.7 Å². The summed E-state index contributed by atoms with van der Waals surface area (Å²) >= 11 is 0. The average molecular weight is 278 g/mol. The highest BCUT2D eigenvalue weighted by molar-refractivity contribution is 5.73. The molecule has 1 aromatic carbocycles. The average Bonchev–Trinajstić information content (AvgIpc) is 2.38. The van der Waals surface area contributed by atoms with Gasteiger partial charge in [0.25, 0.3) is 0 Å². The molecular weight excluding hydrogens is 256 g/mol. The van der Waals surface area contributed by atoms with Crippen LogP contribution in [0.15, 0.2) is 24.3 Å². The minimum absolute atomic E-state index is 0.196. The first-order chi connectivity index (χ1) is 9.61. The fraction of sp³-hybridized carbons (Fsp3) is 0.467. The van der Waals surface area contributed by atoms with Gasteiger partial charge < -0.3 is 15.4 Å². The number of amides is 2. The molecule has 1 aromatic rings. The third-order valence-electron chi connectivity index (χ3n) is 2.64. The Morgan fingerprint density at radius 1 is 1.25 bits per heavy atom. The number of hydrogen-bond acceptors (Lipinski definition) is 3. The van der Waals surface area contributed by atoms with Crippen LogP contribution in [0.2, 0.25) is 0 Å². The van der Waals surface area contributed by atoms with E-state index in [9.17, 15) is 9.59 Å². The molecule has 0 aliphatic carbocycles. The van der Waals surface area contributed by atoms with Crippen molar-refractivity contribution in [1.29, 1.82) is 0 Å². The van der Waals surface area contributed by atoms with Crippen LogP contribution in [-0.4, -0.2) is 31.7 Å². The fourth-order valence-electron chi connectivity index (χ4n) is 1.72. The number of ether oxygens (including phenoxy) is 1. The Morgan fingerprint density at radius 3 is 2.75 bits per heavy atom. The van der Waals surface area contributed by atoms with Gasteiger partial charge in [0.2, 0.25) is 0 Å². The van der Waals surface area contributed by atoms with E-state index in [0.29, 0.717) is 26.1 Å². The van der Waals surface area contributed by atoms with Crippen LogP contribution < -0.4 is 10.6 Å². The number of rotatable bonds is 7. The Morgan fingerprint density at radius 2 is 2.05 bits per heavy atom. The van der Waals surface area contributed by atoms with Crippen LogP contribution in [0.5, 0.6) is 0 Å². The summed E-state index contributed by atoms with van der Waals surface area (Å²) in [5.74, 6) is -0.242. The van der Waals surface area contributed by atoms with E-state index in [2.05, 4.69) is 10.6 Å². The first-order valence-corrected chi connectivity index (χ1v) is 6.84. The number of urea groups is 1. The fourth-order valence-corrected chi connectivity index (χ4v) is 1.72. The molecule has 0 unspecified atom stereocenters. The minimum Gasteiger partial charge on any atom is -0.465 e. The highest BCUT2D eigenvalue weighted by atomic mass is 16.5. The zero-order valence-electron chi connectivity index (χ0n) is 12.1. The number of hydrogen-bond donors (Lipinski definition) is 2. The van der Waals surface area contributed by atoms with Crippen molar-refractivity contribution in [2.45, 2.75) is 26.7 Å². The van der Waals surface area contributed by atoms with E-state index in [1.807, 2.05) is 38.1 Å². The number of carbonyl (C=O) groups excluding carboxylic acids is 2. The van der Waals surface area contributed by atoms with Gasteiger partial charge in [0.15, 0.2) is 0 Å². The molecule has 110 valence electrons. The van der Waals surface area contributed by atoms with Crippen LogP contribution >= 0.6 is 0 Å². The molecule has 0 aliphatic rings. The van der Waals surface area contributed by atoms with Gasteiger partial charge in [-0.05, 0) is 25.8 Å². The van der Waals surface area contributed by atoms with Crippen molar-refractivity contribution in [1.82, 2.24) is 10.6 Å². The molecule has 2 amide bonds. The Hall–Kier alpha value is -2.04. The summed E-state index contributed by atoms with van der Waals surface area (Å²) in [5, 5.41) is 5.30. The number of esters is 1. The standard InChI is InChI=1S/C15H22N2O3/c1-3-16-15(19)17-8-5-9-20-14(18)11-13-7-4-6-12(2)10-13/h4,6-7,10H,3,5,8-9,11H2,1-2H3,(H2,16,17,19). The molecule has 0 saturated carbocycles. The second-order valence-corrected chi connectivity index (χ2v) is 4.53. The molecule has 1 rings (SSSR count). The van der Waals surface area contributed by atoms with Gasteiger partial charge in [-0.3, -0.25) is 4.79 Å². The van der Waals surface area contributed by atoms with Gasteiger partial charge in [-0.2, -0.15) is 0 Å². The van der Waals surface area contributed by atoms with Crippen molar-refractivity contribution in [2.24, 2.45) is 0 Å². The number of nitrogens with one attached hydrogen (secondary N) is 2. The quantitative estimate of drug-likeness (QED) is 0.590. The zero-order valence-corrected chi connectivity index (χ0v) is 12.1. The molecule has 5 heteroatoms. The first kappa shape index (κ1) is 16.0. The van der Waals surface area contributed by atoms with Gasteiger partial charge >= 0.3 is 12.0 Å². The molecule has 0 heterocycles. The molecule has 0 bridgehead atoms. The molecule has 0 saturated heterocycles. The number of aryl methyl sites for hydroxylation is 1. The summed E-state index contributed by atoms with van der Waals surface area (Å²) in [6, 6.07) is 7.59. The third kappa shape index (κ3) is 6.78. The van der Waals surface area contributed by atoms with E-state index in [1.165, 1.54) is 0 Å². The molecule has 20 heavy (non-hydrogen) atoms. The van der Waals surface area contributed by atoms with Crippen LogP contribution in [0.1, 0.15) is 24.5 Å². The summed E-state index contributed by atoms with van der Waals surface area (Å²) in [5.41, 5.74) is 2.08. The summed E-state index contributed by atoms with van der Waals surface area (Å²) in [7, 11) is 0. The molecule has 0 aromatic heterocycles. The van der Waals surface area contributed by atoms with E-state index in [-0.39, 0.29) is 18.4 Å². The molecule has 0 aliphatic heterocycles. The second kappa shape index (κ2) is 8.96. The minimum atomic E-state index is -0.242. The Bertz CT molecular complexity index is 446. The predicted octanol–water partition coefficient (Wildman–Crippen LogP) is 1.79. The van der Waals surface area contributed by atoms with Gasteiger partial charge in [0.1, 0.15) is 0 Å². The molecule has 2 N–H and O–H groups in total. The van der Waals surface area contributed by atoms with E-state index >= 15 is 0 Å². The Balaban J connectivity index is 2.13. The highest BCUT2D eigenvalue weighted by Gasteiger charge is 2.05.